The van der Waals surface area contributed by atoms with Crippen LogP contribution in [0.2, 0.25) is 0 Å². The van der Waals surface area contributed by atoms with Crippen LogP contribution in [-0.2, 0) is 4.79 Å². The number of aromatic nitrogens is 2. The molecule has 1 N–H and O–H groups in total. The van der Waals surface area contributed by atoms with Crippen LogP contribution in [0.1, 0.15) is 24.2 Å². The van der Waals surface area contributed by atoms with Crippen LogP contribution in [0, 0.1) is 6.92 Å². The molecule has 0 fully saturated rings. The van der Waals surface area contributed by atoms with Gasteiger partial charge in [-0.1, -0.05) is 52.0 Å². The predicted octanol–water partition coefficient (Wildman–Crippen LogP) is 4.67. The van der Waals surface area contributed by atoms with E-state index in [0.717, 1.165) is 31.8 Å². The summed E-state index contributed by atoms with van der Waals surface area (Å²) in [5, 5.41) is 3.82. The lowest BCUT2D eigenvalue weighted by Gasteiger charge is -2.14. The number of benzene rings is 2. The molecular weight excluding hydrogens is 398 g/mol. The summed E-state index contributed by atoms with van der Waals surface area (Å²) in [6, 6.07) is 15.7. The minimum Gasteiger partial charge on any atom is -0.349 e. The van der Waals surface area contributed by atoms with E-state index in [2.05, 4.69) is 31.2 Å². The summed E-state index contributed by atoms with van der Waals surface area (Å²) in [6.07, 6.45) is 0. The van der Waals surface area contributed by atoms with Gasteiger partial charge in [0.1, 0.15) is 5.03 Å². The molecule has 0 aliphatic heterocycles. The monoisotopic (exact) mass is 415 g/mol. The smallest absolute Gasteiger partial charge is 0.230 e. The van der Waals surface area contributed by atoms with E-state index in [1.165, 1.54) is 11.8 Å². The van der Waals surface area contributed by atoms with Crippen molar-refractivity contribution in [2.24, 2.45) is 0 Å². The maximum absolute atomic E-state index is 12.3. The van der Waals surface area contributed by atoms with E-state index in [1.807, 2.05) is 62.4 Å². The molecule has 25 heavy (non-hydrogen) atoms. The molecule has 3 aromatic rings. The van der Waals surface area contributed by atoms with Gasteiger partial charge in [-0.3, -0.25) is 4.79 Å². The van der Waals surface area contributed by atoms with Crippen LogP contribution in [0.25, 0.3) is 11.0 Å². The van der Waals surface area contributed by atoms with Crippen LogP contribution in [0.4, 0.5) is 0 Å². The Morgan fingerprint density at radius 3 is 2.44 bits per heavy atom. The van der Waals surface area contributed by atoms with Gasteiger partial charge < -0.3 is 5.32 Å². The third-order valence-electron chi connectivity index (χ3n) is 3.79. The summed E-state index contributed by atoms with van der Waals surface area (Å²) < 4.78 is 1.02. The predicted molar refractivity (Wildman–Crippen MR) is 106 cm³/mol. The van der Waals surface area contributed by atoms with Crippen LogP contribution in [0.15, 0.2) is 58.0 Å². The Kier molecular flexibility index (Phi) is 5.71. The molecule has 0 bridgehead atoms. The third-order valence-corrected chi connectivity index (χ3v) is 5.38. The Hall–Kier alpha value is -1.92. The molecule has 0 saturated carbocycles. The number of hydrogen-bond donors (Lipinski definition) is 1. The number of fused-ring (bicyclic) bond motifs is 1. The average Bonchev–Trinajstić information content (AvgIpc) is 2.60. The van der Waals surface area contributed by atoms with Crippen LogP contribution >= 0.6 is 27.7 Å². The summed E-state index contributed by atoms with van der Waals surface area (Å²) in [5.74, 6) is 0.295. The molecule has 1 amide bonds. The number of nitrogens with zero attached hydrogens (tertiary/aromatic N) is 2. The van der Waals surface area contributed by atoms with Crippen molar-refractivity contribution in [1.82, 2.24) is 15.3 Å². The molecule has 1 unspecified atom stereocenters. The van der Waals surface area contributed by atoms with Gasteiger partial charge in [0.25, 0.3) is 0 Å². The quantitative estimate of drug-likeness (QED) is 0.615. The average molecular weight is 416 g/mol. The van der Waals surface area contributed by atoms with E-state index >= 15 is 0 Å². The zero-order chi connectivity index (χ0) is 17.8. The highest BCUT2D eigenvalue weighted by Crippen LogP contribution is 2.22. The van der Waals surface area contributed by atoms with Gasteiger partial charge in [0.05, 0.1) is 28.5 Å². The Labute approximate surface area is 159 Å². The highest BCUT2D eigenvalue weighted by atomic mass is 79.9. The molecule has 0 saturated heterocycles. The fraction of sp³-hybridized carbons (Fsp3) is 0.211. The van der Waals surface area contributed by atoms with E-state index in [9.17, 15) is 4.79 Å². The minimum atomic E-state index is -0.0371. The van der Waals surface area contributed by atoms with E-state index < -0.39 is 0 Å². The fourth-order valence-corrected chi connectivity index (χ4v) is 3.49. The van der Waals surface area contributed by atoms with Crippen molar-refractivity contribution in [2.75, 3.05) is 5.75 Å². The normalized spacial score (nSPS) is 12.1. The highest BCUT2D eigenvalue weighted by Gasteiger charge is 2.12. The van der Waals surface area contributed by atoms with Gasteiger partial charge in [0.2, 0.25) is 5.91 Å². The molecule has 0 aliphatic rings. The maximum Gasteiger partial charge on any atom is 0.230 e. The van der Waals surface area contributed by atoms with Crippen LogP contribution < -0.4 is 5.32 Å². The zero-order valence-electron chi connectivity index (χ0n) is 14.0. The second-order valence-electron chi connectivity index (χ2n) is 5.73. The molecule has 1 aromatic heterocycles. The second kappa shape index (κ2) is 7.97. The third kappa shape index (κ3) is 4.58. The topological polar surface area (TPSA) is 54.9 Å². The van der Waals surface area contributed by atoms with Crippen molar-refractivity contribution in [3.63, 3.8) is 0 Å². The lowest BCUT2D eigenvalue weighted by atomic mass is 10.1. The van der Waals surface area contributed by atoms with Crippen molar-refractivity contribution in [2.45, 2.75) is 24.9 Å². The largest absolute Gasteiger partial charge is 0.349 e. The number of hydrogen-bond acceptors (Lipinski definition) is 4. The molecule has 2 aromatic carbocycles. The van der Waals surface area contributed by atoms with E-state index in [1.54, 1.807) is 0 Å². The van der Waals surface area contributed by atoms with Crippen molar-refractivity contribution in [3.8, 4) is 0 Å². The lowest BCUT2D eigenvalue weighted by Crippen LogP contribution is -2.28. The van der Waals surface area contributed by atoms with Gasteiger partial charge in [-0.05, 0) is 43.7 Å². The van der Waals surface area contributed by atoms with Crippen molar-refractivity contribution < 1.29 is 4.79 Å². The Morgan fingerprint density at radius 1 is 1.12 bits per heavy atom. The molecule has 4 nitrogen and oxygen atoms in total. The van der Waals surface area contributed by atoms with Crippen LogP contribution in [-0.4, -0.2) is 21.6 Å². The molecule has 1 atom stereocenters. The Bertz CT molecular complexity index is 899. The van der Waals surface area contributed by atoms with Crippen molar-refractivity contribution in [3.05, 3.63) is 64.3 Å². The number of amides is 1. The Balaban J connectivity index is 1.62. The zero-order valence-corrected chi connectivity index (χ0v) is 16.4. The first-order valence-electron chi connectivity index (χ1n) is 7.94. The van der Waals surface area contributed by atoms with Crippen molar-refractivity contribution in [1.29, 1.82) is 0 Å². The van der Waals surface area contributed by atoms with Crippen molar-refractivity contribution >= 4 is 44.6 Å². The molecular formula is C19H18BrN3OS. The lowest BCUT2D eigenvalue weighted by molar-refractivity contribution is -0.119. The summed E-state index contributed by atoms with van der Waals surface area (Å²) in [6.45, 7) is 3.90. The molecule has 6 heteroatoms. The van der Waals surface area contributed by atoms with Gasteiger partial charge in [-0.2, -0.15) is 0 Å². The first kappa shape index (κ1) is 17.9. The number of aryl methyl sites for hydroxylation is 1. The Morgan fingerprint density at radius 2 is 1.76 bits per heavy atom. The number of nitrogens with one attached hydrogen (secondary N) is 1. The number of para-hydroxylation sites is 2. The number of rotatable bonds is 5. The van der Waals surface area contributed by atoms with Gasteiger partial charge in [0, 0.05) is 4.47 Å². The van der Waals surface area contributed by atoms with Gasteiger partial charge in [-0.25, -0.2) is 9.97 Å². The summed E-state index contributed by atoms with van der Waals surface area (Å²) >= 11 is 4.83. The van der Waals surface area contributed by atoms with Crippen LogP contribution in [0.5, 0.6) is 0 Å². The molecule has 1 heterocycles. The molecule has 3 rings (SSSR count). The van der Waals surface area contributed by atoms with E-state index in [-0.39, 0.29) is 11.9 Å². The number of thioether (sulfide) groups is 1. The first-order chi connectivity index (χ1) is 12.0. The summed E-state index contributed by atoms with van der Waals surface area (Å²) in [7, 11) is 0. The number of carbonyl (C=O) groups excluding carboxylic acids is 1. The number of halogens is 1. The molecule has 0 spiro atoms. The fourth-order valence-electron chi connectivity index (χ4n) is 2.46. The van der Waals surface area contributed by atoms with Crippen LogP contribution in [0.3, 0.4) is 0 Å². The molecule has 128 valence electrons. The van der Waals surface area contributed by atoms with Gasteiger partial charge in [0.15, 0.2) is 0 Å². The SMILES string of the molecule is Cc1nc2ccccc2nc1SCC(=O)NC(C)c1ccc(Br)cc1. The molecule has 0 aliphatic carbocycles. The second-order valence-corrected chi connectivity index (χ2v) is 7.61. The molecule has 0 radical (unpaired) electrons. The number of carbonyl (C=O) groups is 1. The van der Waals surface area contributed by atoms with E-state index in [4.69, 9.17) is 0 Å². The summed E-state index contributed by atoms with van der Waals surface area (Å²) in [5.41, 5.74) is 3.64. The van der Waals surface area contributed by atoms with E-state index in [0.29, 0.717) is 5.75 Å². The summed E-state index contributed by atoms with van der Waals surface area (Å²) in [4.78, 5) is 21.4. The van der Waals surface area contributed by atoms with Gasteiger partial charge in [-0.15, -0.1) is 0 Å². The van der Waals surface area contributed by atoms with Gasteiger partial charge >= 0.3 is 0 Å². The highest BCUT2D eigenvalue weighted by molar-refractivity contribution is 9.10. The first-order valence-corrected chi connectivity index (χ1v) is 9.72. The minimum absolute atomic E-state index is 0.0187. The standard InChI is InChI=1S/C19H18BrN3OS/c1-12(14-7-9-15(20)10-8-14)22-18(24)11-25-19-13(2)21-16-5-3-4-6-17(16)23-19/h3-10,12H,11H2,1-2H3,(H,22,24). The maximum atomic E-state index is 12.3.